The monoisotopic (exact) mass is 236 g/mol. The predicted molar refractivity (Wildman–Crippen MR) is 72.3 cm³/mol. The van der Waals surface area contributed by atoms with Crippen LogP contribution < -0.4 is 5.32 Å². The van der Waals surface area contributed by atoms with Gasteiger partial charge in [0.25, 0.3) is 0 Å². The molecule has 3 aromatic rings. The topological polar surface area (TPSA) is 50.7 Å². The van der Waals surface area contributed by atoms with Crippen molar-refractivity contribution >= 4 is 16.7 Å². The quantitative estimate of drug-likeness (QED) is 0.743. The van der Waals surface area contributed by atoms with Gasteiger partial charge in [0.2, 0.25) is 0 Å². The molecule has 0 fully saturated rings. The number of aromatic nitrogens is 3. The molecule has 0 saturated carbocycles. The molecule has 0 aliphatic carbocycles. The Balaban J connectivity index is 2.07. The Hall–Kier alpha value is -2.49. The second-order valence-electron chi connectivity index (χ2n) is 3.95. The molecule has 18 heavy (non-hydrogen) atoms. The zero-order valence-corrected chi connectivity index (χ0v) is 9.96. The van der Waals surface area contributed by atoms with E-state index in [1.807, 2.05) is 37.5 Å². The van der Waals surface area contributed by atoms with Gasteiger partial charge in [-0.3, -0.25) is 9.97 Å². The molecule has 0 aliphatic rings. The molecule has 4 heteroatoms. The maximum atomic E-state index is 4.42. The molecule has 2 heterocycles. The molecule has 0 saturated heterocycles. The first-order chi connectivity index (χ1) is 8.86. The standard InChI is InChI=1S/C14H12N4/c1-15-14-9-17-13(8-18-14)11-6-10-4-2-3-5-12(10)16-7-11/h2-9H,1H3,(H,15,18). The lowest BCUT2D eigenvalue weighted by Crippen LogP contribution is -1.94. The molecule has 1 N–H and O–H groups in total. The van der Waals surface area contributed by atoms with Gasteiger partial charge >= 0.3 is 0 Å². The van der Waals surface area contributed by atoms with Crippen LogP contribution in [0, 0.1) is 0 Å². The van der Waals surface area contributed by atoms with E-state index in [1.54, 1.807) is 12.4 Å². The third-order valence-corrected chi connectivity index (χ3v) is 2.79. The van der Waals surface area contributed by atoms with Crippen molar-refractivity contribution in [3.63, 3.8) is 0 Å². The Morgan fingerprint density at radius 3 is 2.61 bits per heavy atom. The Morgan fingerprint density at radius 1 is 0.944 bits per heavy atom. The van der Waals surface area contributed by atoms with Crippen LogP contribution in [-0.2, 0) is 0 Å². The lowest BCUT2D eigenvalue weighted by molar-refractivity contribution is 1.19. The van der Waals surface area contributed by atoms with Gasteiger partial charge in [-0.1, -0.05) is 18.2 Å². The molecule has 1 aromatic carbocycles. The van der Waals surface area contributed by atoms with Crippen LogP contribution in [0.25, 0.3) is 22.2 Å². The molecule has 4 nitrogen and oxygen atoms in total. The minimum absolute atomic E-state index is 0.757. The molecule has 2 aromatic heterocycles. The average molecular weight is 236 g/mol. The lowest BCUT2D eigenvalue weighted by Gasteiger charge is -2.03. The summed E-state index contributed by atoms with van der Waals surface area (Å²) in [6.45, 7) is 0. The van der Waals surface area contributed by atoms with Crippen molar-refractivity contribution in [1.82, 2.24) is 15.0 Å². The molecule has 0 atom stereocenters. The largest absolute Gasteiger partial charge is 0.372 e. The molecule has 0 bridgehead atoms. The smallest absolute Gasteiger partial charge is 0.144 e. The van der Waals surface area contributed by atoms with E-state index in [4.69, 9.17) is 0 Å². The summed E-state index contributed by atoms with van der Waals surface area (Å²) in [4.78, 5) is 13.0. The number of hydrogen-bond acceptors (Lipinski definition) is 4. The molecule has 0 aliphatic heterocycles. The van der Waals surface area contributed by atoms with Gasteiger partial charge < -0.3 is 5.32 Å². The number of rotatable bonds is 2. The SMILES string of the molecule is CNc1cnc(-c2cnc3ccccc3c2)cn1. The zero-order chi connectivity index (χ0) is 12.4. The van der Waals surface area contributed by atoms with E-state index < -0.39 is 0 Å². The van der Waals surface area contributed by atoms with Crippen molar-refractivity contribution in [2.75, 3.05) is 12.4 Å². The number of fused-ring (bicyclic) bond motifs is 1. The number of benzene rings is 1. The number of nitrogens with one attached hydrogen (secondary N) is 1. The first-order valence-electron chi connectivity index (χ1n) is 5.72. The van der Waals surface area contributed by atoms with E-state index in [0.29, 0.717) is 0 Å². The van der Waals surface area contributed by atoms with Crippen molar-refractivity contribution < 1.29 is 0 Å². The van der Waals surface area contributed by atoms with Gasteiger partial charge in [0.15, 0.2) is 0 Å². The minimum Gasteiger partial charge on any atom is -0.372 e. The Kier molecular flexibility index (Phi) is 2.61. The van der Waals surface area contributed by atoms with Gasteiger partial charge in [-0.25, -0.2) is 4.98 Å². The van der Waals surface area contributed by atoms with Crippen molar-refractivity contribution in [2.24, 2.45) is 0 Å². The Labute approximate surface area is 105 Å². The van der Waals surface area contributed by atoms with E-state index >= 15 is 0 Å². The maximum Gasteiger partial charge on any atom is 0.144 e. The number of anilines is 1. The summed E-state index contributed by atoms with van der Waals surface area (Å²) in [5, 5.41) is 4.05. The van der Waals surface area contributed by atoms with E-state index in [1.165, 1.54) is 0 Å². The van der Waals surface area contributed by atoms with Crippen LogP contribution in [0.2, 0.25) is 0 Å². The number of nitrogens with zero attached hydrogens (tertiary/aromatic N) is 3. The highest BCUT2D eigenvalue weighted by Gasteiger charge is 2.02. The normalized spacial score (nSPS) is 10.5. The second kappa shape index (κ2) is 4.41. The summed E-state index contributed by atoms with van der Waals surface area (Å²) < 4.78 is 0. The van der Waals surface area contributed by atoms with Gasteiger partial charge in [0, 0.05) is 24.2 Å². The Bertz CT molecular complexity index is 677. The number of hydrogen-bond donors (Lipinski definition) is 1. The molecule has 0 spiro atoms. The van der Waals surface area contributed by atoms with E-state index in [-0.39, 0.29) is 0 Å². The van der Waals surface area contributed by atoms with Crippen LogP contribution in [-0.4, -0.2) is 22.0 Å². The third kappa shape index (κ3) is 1.88. The fourth-order valence-electron chi connectivity index (χ4n) is 1.82. The highest BCUT2D eigenvalue weighted by molar-refractivity contribution is 5.82. The van der Waals surface area contributed by atoms with Crippen LogP contribution in [0.4, 0.5) is 5.82 Å². The maximum absolute atomic E-state index is 4.42. The molecule has 88 valence electrons. The highest BCUT2D eigenvalue weighted by atomic mass is 15.0. The fraction of sp³-hybridized carbons (Fsp3) is 0.0714. The second-order valence-corrected chi connectivity index (χ2v) is 3.95. The van der Waals surface area contributed by atoms with Gasteiger partial charge in [-0.15, -0.1) is 0 Å². The van der Waals surface area contributed by atoms with Crippen LogP contribution in [0.3, 0.4) is 0 Å². The zero-order valence-electron chi connectivity index (χ0n) is 9.96. The third-order valence-electron chi connectivity index (χ3n) is 2.79. The van der Waals surface area contributed by atoms with Crippen molar-refractivity contribution in [3.05, 3.63) is 48.9 Å². The molecular formula is C14H12N4. The van der Waals surface area contributed by atoms with Crippen LogP contribution in [0.5, 0.6) is 0 Å². The minimum atomic E-state index is 0.757. The average Bonchev–Trinajstić information content (AvgIpc) is 2.47. The lowest BCUT2D eigenvalue weighted by atomic mass is 10.1. The van der Waals surface area contributed by atoms with Gasteiger partial charge in [0.1, 0.15) is 5.82 Å². The Morgan fingerprint density at radius 2 is 1.83 bits per heavy atom. The molecule has 0 unspecified atom stereocenters. The van der Waals surface area contributed by atoms with Crippen LogP contribution in [0.15, 0.2) is 48.9 Å². The van der Waals surface area contributed by atoms with E-state index in [9.17, 15) is 0 Å². The molecule has 0 amide bonds. The summed E-state index contributed by atoms with van der Waals surface area (Å²) in [5.41, 5.74) is 2.79. The molecular weight excluding hydrogens is 224 g/mol. The summed E-state index contributed by atoms with van der Waals surface area (Å²) in [7, 11) is 1.82. The van der Waals surface area contributed by atoms with Crippen LogP contribution >= 0.6 is 0 Å². The van der Waals surface area contributed by atoms with Crippen molar-refractivity contribution in [1.29, 1.82) is 0 Å². The van der Waals surface area contributed by atoms with Gasteiger partial charge in [-0.05, 0) is 12.1 Å². The fourth-order valence-corrected chi connectivity index (χ4v) is 1.82. The highest BCUT2D eigenvalue weighted by Crippen LogP contribution is 2.20. The number of para-hydroxylation sites is 1. The summed E-state index contributed by atoms with van der Waals surface area (Å²) >= 11 is 0. The van der Waals surface area contributed by atoms with Gasteiger partial charge in [-0.2, -0.15) is 0 Å². The molecule has 0 radical (unpaired) electrons. The summed E-state index contributed by atoms with van der Waals surface area (Å²) in [6, 6.07) is 10.1. The van der Waals surface area contributed by atoms with Crippen LogP contribution in [0.1, 0.15) is 0 Å². The van der Waals surface area contributed by atoms with Gasteiger partial charge in [0.05, 0.1) is 23.6 Å². The summed E-state index contributed by atoms with van der Waals surface area (Å²) in [6.07, 6.45) is 5.29. The van der Waals surface area contributed by atoms with Crippen molar-refractivity contribution in [3.8, 4) is 11.3 Å². The first kappa shape index (κ1) is 10.7. The molecule has 3 rings (SSSR count). The van der Waals surface area contributed by atoms with Crippen molar-refractivity contribution in [2.45, 2.75) is 0 Å². The number of pyridine rings is 1. The van der Waals surface area contributed by atoms with E-state index in [0.717, 1.165) is 28.0 Å². The first-order valence-corrected chi connectivity index (χ1v) is 5.72. The van der Waals surface area contributed by atoms with E-state index in [2.05, 4.69) is 26.3 Å². The predicted octanol–water partition coefficient (Wildman–Crippen LogP) is 2.73. The summed E-state index contributed by atoms with van der Waals surface area (Å²) in [5.74, 6) is 0.757.